The van der Waals surface area contributed by atoms with E-state index in [1.807, 2.05) is 41.8 Å². The topological polar surface area (TPSA) is 86.4 Å². The Labute approximate surface area is 216 Å². The average molecular weight is 491 g/mol. The summed E-state index contributed by atoms with van der Waals surface area (Å²) in [7, 11) is 0. The number of anilines is 3. The van der Waals surface area contributed by atoms with Gasteiger partial charge in [-0.25, -0.2) is 4.52 Å². The molecule has 0 spiro atoms. The van der Waals surface area contributed by atoms with Crippen molar-refractivity contribution in [3.8, 4) is 11.8 Å². The highest BCUT2D eigenvalue weighted by molar-refractivity contribution is 5.91. The van der Waals surface area contributed by atoms with Crippen LogP contribution in [0.3, 0.4) is 0 Å². The van der Waals surface area contributed by atoms with Crippen molar-refractivity contribution in [2.75, 3.05) is 17.2 Å². The lowest BCUT2D eigenvalue weighted by Crippen LogP contribution is -2.39. The van der Waals surface area contributed by atoms with Crippen molar-refractivity contribution < 1.29 is 4.74 Å². The number of hydrogen-bond donors (Lipinski definition) is 3. The van der Waals surface area contributed by atoms with Crippen LogP contribution < -0.4 is 20.7 Å². The summed E-state index contributed by atoms with van der Waals surface area (Å²) in [5.41, 5.74) is 6.85. The van der Waals surface area contributed by atoms with Crippen molar-refractivity contribution in [1.29, 1.82) is 5.26 Å². The molecule has 7 heteroatoms. The van der Waals surface area contributed by atoms with Crippen molar-refractivity contribution >= 4 is 28.8 Å². The third-order valence-electron chi connectivity index (χ3n) is 7.24. The molecule has 2 aromatic carbocycles. The number of benzene rings is 2. The van der Waals surface area contributed by atoms with Gasteiger partial charge in [-0.15, -0.1) is 0 Å². The number of hydrogen-bond acceptors (Lipinski definition) is 6. The standard InChI is InChI=1S/C30H30N6O/c1-2-37-24-11-8-22(9-12-24)34-30-25-17-21-16-23(32-19-20-6-4-3-5-7-20)10-13-27(21)35-29(25)26(18-31)28-14-15-33-36(28)30/h3-9,11-12,14-15,17,23,27,32,34-35H,2,10,13,16,19H2,1H3/t23-,27-/m0/s1. The summed E-state index contributed by atoms with van der Waals surface area (Å²) in [4.78, 5) is 0. The van der Waals surface area contributed by atoms with Gasteiger partial charge >= 0.3 is 0 Å². The zero-order valence-electron chi connectivity index (χ0n) is 20.9. The van der Waals surface area contributed by atoms with Crippen LogP contribution >= 0.6 is 0 Å². The molecule has 186 valence electrons. The van der Waals surface area contributed by atoms with Gasteiger partial charge in [0.25, 0.3) is 0 Å². The van der Waals surface area contributed by atoms with E-state index in [9.17, 15) is 5.26 Å². The maximum absolute atomic E-state index is 10.1. The van der Waals surface area contributed by atoms with Gasteiger partial charge in [-0.1, -0.05) is 30.3 Å². The monoisotopic (exact) mass is 490 g/mol. The van der Waals surface area contributed by atoms with E-state index in [0.717, 1.165) is 59.8 Å². The molecule has 2 aromatic heterocycles. The van der Waals surface area contributed by atoms with Crippen LogP contribution in [0, 0.1) is 11.3 Å². The molecule has 4 aromatic rings. The van der Waals surface area contributed by atoms with Crippen molar-refractivity contribution in [2.45, 2.75) is 44.8 Å². The smallest absolute Gasteiger partial charge is 0.142 e. The molecule has 2 aliphatic rings. The first-order chi connectivity index (χ1) is 18.2. The maximum Gasteiger partial charge on any atom is 0.142 e. The zero-order valence-corrected chi connectivity index (χ0v) is 20.9. The van der Waals surface area contributed by atoms with Crippen molar-refractivity contribution in [1.82, 2.24) is 14.9 Å². The summed E-state index contributed by atoms with van der Waals surface area (Å²) >= 11 is 0. The molecule has 37 heavy (non-hydrogen) atoms. The van der Waals surface area contributed by atoms with Gasteiger partial charge in [0.15, 0.2) is 0 Å². The maximum atomic E-state index is 10.1. The molecule has 2 atom stereocenters. The number of nitriles is 1. The molecule has 3 heterocycles. The van der Waals surface area contributed by atoms with Gasteiger partial charge in [0.05, 0.1) is 24.0 Å². The molecule has 0 unspecified atom stereocenters. The van der Waals surface area contributed by atoms with Crippen LogP contribution in [0.25, 0.3) is 11.6 Å². The van der Waals surface area contributed by atoms with Crippen LogP contribution in [-0.2, 0) is 6.54 Å². The third kappa shape index (κ3) is 4.52. The minimum atomic E-state index is 0.234. The molecule has 0 radical (unpaired) electrons. The number of pyridine rings is 1. The number of nitrogens with zero attached hydrogens (tertiary/aromatic N) is 3. The van der Waals surface area contributed by atoms with E-state index in [1.54, 1.807) is 6.20 Å². The first-order valence-electron chi connectivity index (χ1n) is 12.9. The lowest BCUT2D eigenvalue weighted by atomic mass is 9.82. The fourth-order valence-corrected chi connectivity index (χ4v) is 5.43. The number of rotatable bonds is 7. The lowest BCUT2D eigenvalue weighted by molar-refractivity contribution is 0.340. The summed E-state index contributed by atoms with van der Waals surface area (Å²) in [6.45, 7) is 3.47. The first-order valence-corrected chi connectivity index (χ1v) is 12.9. The highest BCUT2D eigenvalue weighted by Crippen LogP contribution is 2.42. The quantitative estimate of drug-likeness (QED) is 0.300. The molecule has 1 aliphatic heterocycles. The van der Waals surface area contributed by atoms with Gasteiger partial charge in [0.2, 0.25) is 0 Å². The summed E-state index contributed by atoms with van der Waals surface area (Å²) in [5.74, 6) is 1.68. The normalized spacial score (nSPS) is 18.2. The first kappa shape index (κ1) is 23.1. The number of ether oxygens (including phenoxy) is 1. The fourth-order valence-electron chi connectivity index (χ4n) is 5.43. The van der Waals surface area contributed by atoms with E-state index in [0.29, 0.717) is 18.2 Å². The molecule has 7 nitrogen and oxygen atoms in total. The van der Waals surface area contributed by atoms with Crippen molar-refractivity contribution in [2.24, 2.45) is 0 Å². The molecule has 0 bridgehead atoms. The molecule has 0 saturated heterocycles. The Hall–Kier alpha value is -4.28. The molecule has 1 saturated carbocycles. The SMILES string of the molecule is CCOc1ccc(Nc2c3c(c(C#N)c4ccnn24)N[C@H]2CC[C@H](NCc4ccccc4)CC2=C3)cc1. The minimum absolute atomic E-state index is 0.234. The Balaban J connectivity index is 1.34. The van der Waals surface area contributed by atoms with E-state index in [-0.39, 0.29) is 6.04 Å². The molecule has 0 amide bonds. The zero-order chi connectivity index (χ0) is 25.2. The summed E-state index contributed by atoms with van der Waals surface area (Å²) in [6.07, 6.45) is 7.09. The van der Waals surface area contributed by atoms with Crippen LogP contribution in [-0.4, -0.2) is 28.3 Å². The van der Waals surface area contributed by atoms with E-state index < -0.39 is 0 Å². The van der Waals surface area contributed by atoms with Crippen LogP contribution in [0.4, 0.5) is 17.2 Å². The van der Waals surface area contributed by atoms with Gasteiger partial charge in [-0.05, 0) is 73.7 Å². The molecule has 1 fully saturated rings. The Morgan fingerprint density at radius 3 is 2.73 bits per heavy atom. The van der Waals surface area contributed by atoms with Gasteiger partial charge in [0, 0.05) is 29.9 Å². The molecular formula is C30H30N6O. The predicted molar refractivity (Wildman–Crippen MR) is 147 cm³/mol. The van der Waals surface area contributed by atoms with Crippen LogP contribution in [0.5, 0.6) is 5.75 Å². The number of fused-ring (bicyclic) bond motifs is 3. The third-order valence-corrected chi connectivity index (χ3v) is 7.24. The minimum Gasteiger partial charge on any atom is -0.494 e. The van der Waals surface area contributed by atoms with Gasteiger partial charge in [-0.2, -0.15) is 10.4 Å². The summed E-state index contributed by atoms with van der Waals surface area (Å²) in [6, 6.07) is 23.4. The van der Waals surface area contributed by atoms with Gasteiger partial charge in [-0.3, -0.25) is 0 Å². The second-order valence-corrected chi connectivity index (χ2v) is 9.60. The molecule has 1 aliphatic carbocycles. The van der Waals surface area contributed by atoms with Crippen molar-refractivity contribution in [3.05, 3.63) is 89.1 Å². The Kier molecular flexibility index (Phi) is 6.25. The van der Waals surface area contributed by atoms with E-state index in [2.05, 4.69) is 63.5 Å². The van der Waals surface area contributed by atoms with Crippen molar-refractivity contribution in [3.63, 3.8) is 0 Å². The predicted octanol–water partition coefficient (Wildman–Crippen LogP) is 5.87. The average Bonchev–Trinajstić information content (AvgIpc) is 3.42. The summed E-state index contributed by atoms with van der Waals surface area (Å²) in [5, 5.41) is 25.7. The van der Waals surface area contributed by atoms with E-state index in [4.69, 9.17) is 4.74 Å². The van der Waals surface area contributed by atoms with Crippen LogP contribution in [0.1, 0.15) is 42.9 Å². The highest BCUT2D eigenvalue weighted by atomic mass is 16.5. The number of aromatic nitrogens is 2. The molecular weight excluding hydrogens is 460 g/mol. The highest BCUT2D eigenvalue weighted by Gasteiger charge is 2.32. The fraction of sp³-hybridized carbons (Fsp3) is 0.267. The largest absolute Gasteiger partial charge is 0.494 e. The van der Waals surface area contributed by atoms with Crippen LogP contribution in [0.15, 0.2) is 72.4 Å². The second kappa shape index (κ2) is 10.00. The van der Waals surface area contributed by atoms with Gasteiger partial charge in [0.1, 0.15) is 23.2 Å². The van der Waals surface area contributed by atoms with E-state index in [1.165, 1.54) is 11.1 Å². The van der Waals surface area contributed by atoms with Gasteiger partial charge < -0.3 is 20.7 Å². The van der Waals surface area contributed by atoms with Crippen LogP contribution in [0.2, 0.25) is 0 Å². The Bertz CT molecular complexity index is 1480. The Morgan fingerprint density at radius 1 is 1.11 bits per heavy atom. The summed E-state index contributed by atoms with van der Waals surface area (Å²) < 4.78 is 7.43. The Morgan fingerprint density at radius 2 is 1.95 bits per heavy atom. The number of nitrogens with one attached hydrogen (secondary N) is 3. The second-order valence-electron chi connectivity index (χ2n) is 9.60. The lowest BCUT2D eigenvalue weighted by Gasteiger charge is -2.37. The van der Waals surface area contributed by atoms with E-state index >= 15 is 0 Å². The molecule has 3 N–H and O–H groups in total. The molecule has 6 rings (SSSR count).